The van der Waals surface area contributed by atoms with E-state index in [1.54, 1.807) is 4.57 Å². The average molecular weight is 500 g/mol. The van der Waals surface area contributed by atoms with Crippen LogP contribution in [0.3, 0.4) is 0 Å². The van der Waals surface area contributed by atoms with Crippen molar-refractivity contribution in [3.63, 3.8) is 0 Å². The lowest BCUT2D eigenvalue weighted by atomic mass is 10.2. The molecular weight excluding hydrogens is 470 g/mol. The molecule has 0 unspecified atom stereocenters. The lowest BCUT2D eigenvalue weighted by Gasteiger charge is -2.08. The van der Waals surface area contributed by atoms with Crippen LogP contribution in [-0.4, -0.2) is 35.8 Å². The number of thioether (sulfide) groups is 1. The Morgan fingerprint density at radius 3 is 2.62 bits per heavy atom. The van der Waals surface area contributed by atoms with E-state index >= 15 is 0 Å². The van der Waals surface area contributed by atoms with Gasteiger partial charge in [-0.3, -0.25) is 14.3 Å². The van der Waals surface area contributed by atoms with Crippen molar-refractivity contribution in [2.24, 2.45) is 0 Å². The van der Waals surface area contributed by atoms with E-state index in [1.807, 2.05) is 34.9 Å². The number of aromatic nitrogens is 6. The van der Waals surface area contributed by atoms with Crippen molar-refractivity contribution < 1.29 is 0 Å². The summed E-state index contributed by atoms with van der Waals surface area (Å²) in [6.45, 7) is 6.14. The highest BCUT2D eigenvalue weighted by Crippen LogP contribution is 2.29. The third-order valence-corrected chi connectivity index (χ3v) is 7.43. The predicted molar refractivity (Wildman–Crippen MR) is 138 cm³/mol. The summed E-state index contributed by atoms with van der Waals surface area (Å²) in [7, 11) is 0. The predicted octanol–water partition coefficient (Wildman–Crippen LogP) is 4.09. The van der Waals surface area contributed by atoms with Crippen LogP contribution in [0.15, 0.2) is 44.3 Å². The van der Waals surface area contributed by atoms with Crippen LogP contribution in [0.25, 0.3) is 11.2 Å². The van der Waals surface area contributed by atoms with Gasteiger partial charge in [-0.15, -0.1) is 10.2 Å². The first-order valence-electron chi connectivity index (χ1n) is 11.6. The number of fused-ring (bicyclic) bond motifs is 1. The van der Waals surface area contributed by atoms with Crippen molar-refractivity contribution in [3.05, 3.63) is 62.6 Å². The number of aromatic amines is 1. The van der Waals surface area contributed by atoms with Crippen LogP contribution in [0, 0.1) is 0 Å². The Morgan fingerprint density at radius 2 is 1.85 bits per heavy atom. The second kappa shape index (κ2) is 11.5. The summed E-state index contributed by atoms with van der Waals surface area (Å²) in [5.74, 6) is 1.28. The molecule has 0 amide bonds. The fraction of sp³-hybridized carbons (Fsp3) is 0.435. The molecule has 3 aromatic heterocycles. The summed E-state index contributed by atoms with van der Waals surface area (Å²) < 4.78 is 4.33. The van der Waals surface area contributed by atoms with Crippen molar-refractivity contribution in [1.82, 2.24) is 29.3 Å². The topological polar surface area (TPSA) is 110 Å². The van der Waals surface area contributed by atoms with Crippen molar-refractivity contribution in [3.8, 4) is 0 Å². The number of rotatable bonds is 12. The Hall–Kier alpha value is -2.92. The number of hydrogen-bond acceptors (Lipinski definition) is 8. The summed E-state index contributed by atoms with van der Waals surface area (Å²) in [5, 5.41) is 12.6. The summed E-state index contributed by atoms with van der Waals surface area (Å²) >= 11 is 3.05. The van der Waals surface area contributed by atoms with Crippen LogP contribution >= 0.6 is 23.1 Å². The highest BCUT2D eigenvalue weighted by atomic mass is 32.2. The number of unbranched alkanes of at least 4 members (excludes halogenated alkanes) is 2. The van der Waals surface area contributed by atoms with Gasteiger partial charge in [-0.05, 0) is 18.4 Å². The van der Waals surface area contributed by atoms with Gasteiger partial charge in [0, 0.05) is 13.1 Å². The molecule has 4 rings (SSSR count). The molecule has 0 aliphatic heterocycles. The van der Waals surface area contributed by atoms with E-state index in [9.17, 15) is 9.59 Å². The number of nitrogens with one attached hydrogen (secondary N) is 2. The molecular formula is C23H29N7O2S2. The molecule has 34 heavy (non-hydrogen) atoms. The van der Waals surface area contributed by atoms with Crippen molar-refractivity contribution >= 4 is 39.4 Å². The number of H-pyrrole nitrogens is 1. The van der Waals surface area contributed by atoms with Gasteiger partial charge in [0.25, 0.3) is 5.56 Å². The fourth-order valence-corrected chi connectivity index (χ4v) is 5.36. The van der Waals surface area contributed by atoms with Gasteiger partial charge in [0.1, 0.15) is 5.82 Å². The third kappa shape index (κ3) is 5.58. The number of nitrogens with zero attached hydrogens (tertiary/aromatic N) is 5. The SMILES string of the molecule is CCCCNc1nnc(SCc2nc3c(c(=O)[nH]c(=O)n3Cc3ccccc3)n2CCCC)s1. The van der Waals surface area contributed by atoms with Crippen LogP contribution in [0.1, 0.15) is 50.9 Å². The molecule has 9 nitrogen and oxygen atoms in total. The van der Waals surface area contributed by atoms with E-state index in [-0.39, 0.29) is 0 Å². The van der Waals surface area contributed by atoms with Gasteiger partial charge in [-0.1, -0.05) is 80.1 Å². The third-order valence-electron chi connectivity index (χ3n) is 5.42. The van der Waals surface area contributed by atoms with Crippen LogP contribution in [0.4, 0.5) is 5.13 Å². The number of imidazole rings is 1. The van der Waals surface area contributed by atoms with Gasteiger partial charge in [0.2, 0.25) is 5.13 Å². The van der Waals surface area contributed by atoms with Crippen molar-refractivity contribution in [2.45, 2.75) is 62.7 Å². The van der Waals surface area contributed by atoms with Crippen molar-refractivity contribution in [1.29, 1.82) is 0 Å². The molecule has 0 fully saturated rings. The summed E-state index contributed by atoms with van der Waals surface area (Å²) in [4.78, 5) is 32.8. The minimum Gasteiger partial charge on any atom is -0.360 e. The first kappa shape index (κ1) is 24.2. The highest BCUT2D eigenvalue weighted by molar-refractivity contribution is 8.00. The maximum Gasteiger partial charge on any atom is 0.330 e. The normalized spacial score (nSPS) is 11.4. The van der Waals surface area contributed by atoms with Crippen LogP contribution in [-0.2, 0) is 18.8 Å². The molecule has 0 aliphatic rings. The molecule has 3 heterocycles. The minimum atomic E-state index is -0.451. The molecule has 0 saturated heterocycles. The molecule has 0 bridgehead atoms. The van der Waals surface area contributed by atoms with Crippen LogP contribution in [0.5, 0.6) is 0 Å². The van der Waals surface area contributed by atoms with Gasteiger partial charge in [-0.25, -0.2) is 9.78 Å². The minimum absolute atomic E-state index is 0.341. The quantitative estimate of drug-likeness (QED) is 0.223. The summed E-state index contributed by atoms with van der Waals surface area (Å²) in [6, 6.07) is 9.70. The lowest BCUT2D eigenvalue weighted by molar-refractivity contribution is 0.626. The zero-order valence-corrected chi connectivity index (χ0v) is 21.0. The maximum absolute atomic E-state index is 12.8. The van der Waals surface area contributed by atoms with Gasteiger partial charge in [0.05, 0.1) is 12.3 Å². The standard InChI is InChI=1S/C23H29N7O2S2/c1-3-5-12-24-21-27-28-23(34-21)33-15-17-25-19-18(29(17)13-6-4-2)20(31)26-22(32)30(19)14-16-10-8-7-9-11-16/h7-11H,3-6,12-15H2,1-2H3,(H,24,27)(H,26,31,32). The Kier molecular flexibility index (Phi) is 8.17. The molecule has 2 N–H and O–H groups in total. The molecule has 4 aromatic rings. The smallest absolute Gasteiger partial charge is 0.330 e. The molecule has 0 radical (unpaired) electrons. The Balaban J connectivity index is 1.65. The zero-order chi connectivity index (χ0) is 23.9. The molecule has 0 spiro atoms. The van der Waals surface area contributed by atoms with Gasteiger partial charge >= 0.3 is 5.69 Å². The highest BCUT2D eigenvalue weighted by Gasteiger charge is 2.19. The second-order valence-electron chi connectivity index (χ2n) is 7.98. The second-order valence-corrected chi connectivity index (χ2v) is 10.2. The monoisotopic (exact) mass is 499 g/mol. The zero-order valence-electron chi connectivity index (χ0n) is 19.4. The number of hydrogen-bond donors (Lipinski definition) is 2. The molecule has 11 heteroatoms. The molecule has 180 valence electrons. The maximum atomic E-state index is 12.8. The van der Waals surface area contributed by atoms with E-state index in [2.05, 4.69) is 34.3 Å². The first-order valence-corrected chi connectivity index (χ1v) is 13.4. The van der Waals surface area contributed by atoms with E-state index in [1.165, 1.54) is 23.1 Å². The average Bonchev–Trinajstić information content (AvgIpc) is 3.44. The van der Waals surface area contributed by atoms with Gasteiger partial charge in [-0.2, -0.15) is 0 Å². The molecule has 0 saturated carbocycles. The fourth-order valence-electron chi connectivity index (χ4n) is 3.64. The van der Waals surface area contributed by atoms with E-state index in [4.69, 9.17) is 4.98 Å². The first-order chi connectivity index (χ1) is 16.6. The Bertz CT molecular complexity index is 1340. The number of anilines is 1. The number of benzene rings is 1. The van der Waals surface area contributed by atoms with Crippen LogP contribution in [0.2, 0.25) is 0 Å². The van der Waals surface area contributed by atoms with E-state index in [0.29, 0.717) is 30.0 Å². The Morgan fingerprint density at radius 1 is 1.06 bits per heavy atom. The number of aryl methyl sites for hydroxylation is 1. The summed E-state index contributed by atoms with van der Waals surface area (Å²) in [6.07, 6.45) is 4.10. The largest absolute Gasteiger partial charge is 0.360 e. The van der Waals surface area contributed by atoms with Gasteiger partial charge in [0.15, 0.2) is 15.5 Å². The molecule has 1 aromatic carbocycles. The Labute approximate surface area is 205 Å². The van der Waals surface area contributed by atoms with Crippen molar-refractivity contribution in [2.75, 3.05) is 11.9 Å². The summed E-state index contributed by atoms with van der Waals surface area (Å²) in [5.41, 5.74) is 0.978. The molecule has 0 aliphatic carbocycles. The lowest BCUT2D eigenvalue weighted by Crippen LogP contribution is -2.31. The van der Waals surface area contributed by atoms with Crippen LogP contribution < -0.4 is 16.6 Å². The van der Waals surface area contributed by atoms with Gasteiger partial charge < -0.3 is 9.88 Å². The molecule has 0 atom stereocenters. The van der Waals surface area contributed by atoms with E-state index < -0.39 is 11.2 Å². The van der Waals surface area contributed by atoms with E-state index in [0.717, 1.165) is 53.1 Å².